The van der Waals surface area contributed by atoms with Gasteiger partial charge in [-0.2, -0.15) is 0 Å². The summed E-state index contributed by atoms with van der Waals surface area (Å²) in [5.41, 5.74) is 3.70. The van der Waals surface area contributed by atoms with Crippen molar-refractivity contribution in [2.24, 2.45) is 0 Å². The van der Waals surface area contributed by atoms with Gasteiger partial charge in [0.1, 0.15) is 5.82 Å². The van der Waals surface area contributed by atoms with Crippen LogP contribution in [0.5, 0.6) is 0 Å². The van der Waals surface area contributed by atoms with Gasteiger partial charge in [-0.05, 0) is 44.0 Å². The monoisotopic (exact) mass is 306 g/mol. The summed E-state index contributed by atoms with van der Waals surface area (Å²) in [6, 6.07) is 7.65. The summed E-state index contributed by atoms with van der Waals surface area (Å²) in [5.74, 6) is -0.574. The normalized spacial score (nSPS) is 10.3. The molecular formula is C16H16ClFN2O. The van der Waals surface area contributed by atoms with Gasteiger partial charge in [0, 0.05) is 5.69 Å². The van der Waals surface area contributed by atoms with Gasteiger partial charge in [0.05, 0.1) is 10.7 Å². The van der Waals surface area contributed by atoms with Gasteiger partial charge >= 0.3 is 6.03 Å². The van der Waals surface area contributed by atoms with E-state index in [0.29, 0.717) is 5.69 Å². The van der Waals surface area contributed by atoms with Crippen LogP contribution in [-0.2, 0) is 0 Å². The maximum absolute atomic E-state index is 13.6. The van der Waals surface area contributed by atoms with Gasteiger partial charge in [-0.25, -0.2) is 9.18 Å². The van der Waals surface area contributed by atoms with Crippen LogP contribution in [0.4, 0.5) is 20.6 Å². The van der Waals surface area contributed by atoms with Crippen molar-refractivity contribution in [3.63, 3.8) is 0 Å². The highest BCUT2D eigenvalue weighted by molar-refractivity contribution is 6.33. The lowest BCUT2D eigenvalue weighted by atomic mass is 10.1. The quantitative estimate of drug-likeness (QED) is 0.801. The molecule has 2 aromatic carbocycles. The van der Waals surface area contributed by atoms with Gasteiger partial charge in [0.25, 0.3) is 0 Å². The Balaban J connectivity index is 2.20. The fourth-order valence-electron chi connectivity index (χ4n) is 2.25. The minimum atomic E-state index is -0.574. The summed E-state index contributed by atoms with van der Waals surface area (Å²) in [6.45, 7) is 5.81. The number of anilines is 2. The number of rotatable bonds is 2. The fraction of sp³-hybridized carbons (Fsp3) is 0.188. The average molecular weight is 307 g/mol. The van der Waals surface area contributed by atoms with E-state index in [-0.39, 0.29) is 10.7 Å². The Hall–Kier alpha value is -2.07. The summed E-state index contributed by atoms with van der Waals surface area (Å²) in [4.78, 5) is 12.0. The number of urea groups is 1. The second kappa shape index (κ2) is 6.14. The van der Waals surface area contributed by atoms with Crippen molar-refractivity contribution >= 4 is 29.0 Å². The predicted octanol–water partition coefficient (Wildman–Crippen LogP) is 5.05. The third-order valence-electron chi connectivity index (χ3n) is 3.12. The third-order valence-corrected chi connectivity index (χ3v) is 3.43. The Bertz CT molecular complexity index is 657. The molecule has 5 heteroatoms. The first-order valence-corrected chi connectivity index (χ1v) is 6.86. The number of aryl methyl sites for hydroxylation is 3. The first-order chi connectivity index (χ1) is 9.88. The maximum atomic E-state index is 13.6. The van der Waals surface area contributed by atoms with Crippen LogP contribution < -0.4 is 10.6 Å². The van der Waals surface area contributed by atoms with Gasteiger partial charge in [-0.15, -0.1) is 0 Å². The molecule has 0 aliphatic heterocycles. The Morgan fingerprint density at radius 2 is 1.62 bits per heavy atom. The molecule has 21 heavy (non-hydrogen) atoms. The van der Waals surface area contributed by atoms with Gasteiger partial charge in [0.15, 0.2) is 0 Å². The van der Waals surface area contributed by atoms with Crippen LogP contribution in [0.25, 0.3) is 0 Å². The third kappa shape index (κ3) is 3.52. The Morgan fingerprint density at radius 1 is 1.05 bits per heavy atom. The van der Waals surface area contributed by atoms with E-state index in [1.165, 1.54) is 18.2 Å². The Labute approximate surface area is 128 Å². The summed E-state index contributed by atoms with van der Waals surface area (Å²) >= 11 is 5.88. The SMILES string of the molecule is Cc1cc(C)c(NC(=O)Nc2c(F)cccc2Cl)c(C)c1. The van der Waals surface area contributed by atoms with Gasteiger partial charge in [0.2, 0.25) is 0 Å². The summed E-state index contributed by atoms with van der Waals surface area (Å²) in [5, 5.41) is 5.33. The van der Waals surface area contributed by atoms with Crippen LogP contribution in [0, 0.1) is 26.6 Å². The highest BCUT2D eigenvalue weighted by Crippen LogP contribution is 2.26. The van der Waals surface area contributed by atoms with Crippen molar-refractivity contribution in [3.8, 4) is 0 Å². The summed E-state index contributed by atoms with van der Waals surface area (Å²) < 4.78 is 13.6. The molecule has 0 aliphatic carbocycles. The van der Waals surface area contributed by atoms with Gasteiger partial charge in [-0.1, -0.05) is 35.4 Å². The van der Waals surface area contributed by atoms with Crippen molar-refractivity contribution in [2.45, 2.75) is 20.8 Å². The van der Waals surface area contributed by atoms with E-state index in [9.17, 15) is 9.18 Å². The van der Waals surface area contributed by atoms with E-state index in [0.717, 1.165) is 16.7 Å². The lowest BCUT2D eigenvalue weighted by molar-refractivity contribution is 0.262. The van der Waals surface area contributed by atoms with Crippen molar-refractivity contribution < 1.29 is 9.18 Å². The van der Waals surface area contributed by atoms with Crippen LogP contribution in [0.2, 0.25) is 5.02 Å². The summed E-state index contributed by atoms with van der Waals surface area (Å²) in [7, 11) is 0. The molecule has 110 valence electrons. The number of halogens is 2. The smallest absolute Gasteiger partial charge is 0.307 e. The van der Waals surface area contributed by atoms with Crippen LogP contribution in [0.15, 0.2) is 30.3 Å². The van der Waals surface area contributed by atoms with Crippen molar-refractivity contribution in [3.05, 3.63) is 57.9 Å². The minimum Gasteiger partial charge on any atom is -0.307 e. The molecule has 0 atom stereocenters. The van der Waals surface area contributed by atoms with E-state index in [2.05, 4.69) is 10.6 Å². The van der Waals surface area contributed by atoms with E-state index >= 15 is 0 Å². The van der Waals surface area contributed by atoms with Crippen molar-refractivity contribution in [1.82, 2.24) is 0 Å². The van der Waals surface area contributed by atoms with Gasteiger partial charge < -0.3 is 10.6 Å². The average Bonchev–Trinajstić information content (AvgIpc) is 2.38. The first kappa shape index (κ1) is 15.3. The summed E-state index contributed by atoms with van der Waals surface area (Å²) in [6.07, 6.45) is 0. The number of hydrogen-bond acceptors (Lipinski definition) is 1. The van der Waals surface area contributed by atoms with Crippen LogP contribution in [0.3, 0.4) is 0 Å². The van der Waals surface area contributed by atoms with E-state index in [4.69, 9.17) is 11.6 Å². The molecule has 0 aromatic heterocycles. The molecule has 2 amide bonds. The Morgan fingerprint density at radius 3 is 2.19 bits per heavy atom. The Kier molecular flexibility index (Phi) is 4.48. The fourth-order valence-corrected chi connectivity index (χ4v) is 2.46. The number of benzene rings is 2. The maximum Gasteiger partial charge on any atom is 0.323 e. The minimum absolute atomic E-state index is 0.0286. The van der Waals surface area contributed by atoms with E-state index in [1.54, 1.807) is 0 Å². The van der Waals surface area contributed by atoms with Crippen LogP contribution in [0.1, 0.15) is 16.7 Å². The predicted molar refractivity (Wildman–Crippen MR) is 84.7 cm³/mol. The number of amides is 2. The zero-order chi connectivity index (χ0) is 15.6. The molecule has 3 nitrogen and oxygen atoms in total. The highest BCUT2D eigenvalue weighted by atomic mass is 35.5. The lowest BCUT2D eigenvalue weighted by Crippen LogP contribution is -2.21. The van der Waals surface area contributed by atoms with Gasteiger partial charge in [-0.3, -0.25) is 0 Å². The molecule has 2 rings (SSSR count). The van der Waals surface area contributed by atoms with E-state index in [1.807, 2.05) is 32.9 Å². The molecule has 0 fully saturated rings. The topological polar surface area (TPSA) is 41.1 Å². The van der Waals surface area contributed by atoms with Crippen LogP contribution >= 0.6 is 11.6 Å². The number of hydrogen-bond donors (Lipinski definition) is 2. The largest absolute Gasteiger partial charge is 0.323 e. The van der Waals surface area contributed by atoms with Crippen LogP contribution in [-0.4, -0.2) is 6.03 Å². The zero-order valence-corrected chi connectivity index (χ0v) is 12.8. The van der Waals surface area contributed by atoms with E-state index < -0.39 is 11.8 Å². The molecule has 2 N–H and O–H groups in total. The molecule has 0 bridgehead atoms. The highest BCUT2D eigenvalue weighted by Gasteiger charge is 2.12. The number of para-hydroxylation sites is 1. The number of nitrogens with one attached hydrogen (secondary N) is 2. The van der Waals surface area contributed by atoms with Crippen molar-refractivity contribution in [2.75, 3.05) is 10.6 Å². The molecule has 0 aliphatic rings. The standard InChI is InChI=1S/C16H16ClFN2O/c1-9-7-10(2)14(11(3)8-9)19-16(21)20-15-12(17)5-4-6-13(15)18/h4-8H,1-3H3,(H2,19,20,21). The second-order valence-corrected chi connectivity index (χ2v) is 5.36. The molecular weight excluding hydrogens is 291 g/mol. The first-order valence-electron chi connectivity index (χ1n) is 6.48. The molecule has 2 aromatic rings. The molecule has 0 saturated heterocycles. The molecule has 0 spiro atoms. The zero-order valence-electron chi connectivity index (χ0n) is 12.1. The second-order valence-electron chi connectivity index (χ2n) is 4.95. The molecule has 0 saturated carbocycles. The lowest BCUT2D eigenvalue weighted by Gasteiger charge is -2.14. The molecule has 0 radical (unpaired) electrons. The number of carbonyl (C=O) groups is 1. The number of carbonyl (C=O) groups excluding carboxylic acids is 1. The van der Waals surface area contributed by atoms with Crippen molar-refractivity contribution in [1.29, 1.82) is 0 Å². The molecule has 0 heterocycles. The molecule has 0 unspecified atom stereocenters.